The lowest BCUT2D eigenvalue weighted by Gasteiger charge is -2.33. The summed E-state index contributed by atoms with van der Waals surface area (Å²) in [5.74, 6) is 0.690. The van der Waals surface area contributed by atoms with Crippen LogP contribution < -0.4 is 0 Å². The van der Waals surface area contributed by atoms with Crippen LogP contribution in [0.5, 0.6) is 0 Å². The number of aliphatic hydroxyl groups is 1. The maximum atomic E-state index is 12.7. The summed E-state index contributed by atoms with van der Waals surface area (Å²) in [5, 5.41) is 14.1. The number of likely N-dealkylation sites (tertiary alicyclic amines) is 1. The van der Waals surface area contributed by atoms with Gasteiger partial charge in [0.2, 0.25) is 11.7 Å². The standard InChI is InChI=1S/C19H22F3N3O2/c20-19(21,22)13-8-6-12(7-9-13)17-23-18(27-24-17)16-10-15(26)11-25(16)14-4-2-1-3-5-14/h6-9,14-16,26H,1-5,10-11H2. The molecule has 2 aliphatic rings. The highest BCUT2D eigenvalue weighted by molar-refractivity contribution is 5.54. The first-order chi connectivity index (χ1) is 12.9. The second-order valence-corrected chi connectivity index (χ2v) is 7.43. The summed E-state index contributed by atoms with van der Waals surface area (Å²) in [6.45, 7) is 0.591. The predicted octanol–water partition coefficient (Wildman–Crippen LogP) is 4.20. The molecule has 2 atom stereocenters. The predicted molar refractivity (Wildman–Crippen MR) is 91.7 cm³/mol. The molecule has 0 spiro atoms. The minimum atomic E-state index is -4.37. The molecule has 4 rings (SSSR count). The molecule has 2 unspecified atom stereocenters. The quantitative estimate of drug-likeness (QED) is 0.864. The summed E-state index contributed by atoms with van der Waals surface area (Å²) < 4.78 is 43.6. The number of hydrogen-bond donors (Lipinski definition) is 1. The van der Waals surface area contributed by atoms with Crippen LogP contribution in [0.1, 0.15) is 56.0 Å². The van der Waals surface area contributed by atoms with E-state index in [9.17, 15) is 18.3 Å². The molecule has 1 N–H and O–H groups in total. The average Bonchev–Trinajstić information content (AvgIpc) is 3.28. The van der Waals surface area contributed by atoms with Gasteiger partial charge in [0.05, 0.1) is 17.7 Å². The lowest BCUT2D eigenvalue weighted by molar-refractivity contribution is -0.137. The smallest absolute Gasteiger partial charge is 0.392 e. The molecule has 0 radical (unpaired) electrons. The second kappa shape index (κ2) is 7.24. The normalized spacial score (nSPS) is 25.2. The number of aliphatic hydroxyl groups excluding tert-OH is 1. The lowest BCUT2D eigenvalue weighted by atomic mass is 9.94. The molecule has 1 aromatic carbocycles. The zero-order valence-electron chi connectivity index (χ0n) is 14.8. The Labute approximate surface area is 155 Å². The second-order valence-electron chi connectivity index (χ2n) is 7.43. The average molecular weight is 381 g/mol. The molecule has 27 heavy (non-hydrogen) atoms. The molecule has 5 nitrogen and oxygen atoms in total. The molecule has 1 saturated carbocycles. The number of β-amino-alcohol motifs (C(OH)–C–C–N with tert-alkyl or cyclic N) is 1. The lowest BCUT2D eigenvalue weighted by Crippen LogP contribution is -2.37. The van der Waals surface area contributed by atoms with E-state index in [1.807, 2.05) is 0 Å². The van der Waals surface area contributed by atoms with Crippen LogP contribution in [0.3, 0.4) is 0 Å². The van der Waals surface area contributed by atoms with Crippen molar-refractivity contribution in [1.29, 1.82) is 0 Å². The van der Waals surface area contributed by atoms with Crippen LogP contribution >= 0.6 is 0 Å². The highest BCUT2D eigenvalue weighted by Gasteiger charge is 2.40. The van der Waals surface area contributed by atoms with Crippen molar-refractivity contribution >= 4 is 0 Å². The Bertz CT molecular complexity index is 769. The van der Waals surface area contributed by atoms with Gasteiger partial charge in [-0.15, -0.1) is 0 Å². The van der Waals surface area contributed by atoms with Crippen LogP contribution in [0.15, 0.2) is 28.8 Å². The van der Waals surface area contributed by atoms with Gasteiger partial charge < -0.3 is 9.63 Å². The SMILES string of the molecule is OC1CC(c2nc(-c3ccc(C(F)(F)F)cc3)no2)N(C2CCCCC2)C1. The molecular weight excluding hydrogens is 359 g/mol. The maximum Gasteiger partial charge on any atom is 0.416 e. The first-order valence-corrected chi connectivity index (χ1v) is 9.37. The minimum absolute atomic E-state index is 0.140. The summed E-state index contributed by atoms with van der Waals surface area (Å²) in [6, 6.07) is 4.98. The van der Waals surface area contributed by atoms with E-state index in [0.29, 0.717) is 30.5 Å². The summed E-state index contributed by atoms with van der Waals surface area (Å²) >= 11 is 0. The van der Waals surface area contributed by atoms with Crippen molar-refractivity contribution < 1.29 is 22.8 Å². The fourth-order valence-electron chi connectivity index (χ4n) is 4.19. The highest BCUT2D eigenvalue weighted by atomic mass is 19.4. The van der Waals surface area contributed by atoms with Gasteiger partial charge in [0.25, 0.3) is 0 Å². The van der Waals surface area contributed by atoms with E-state index in [1.165, 1.54) is 31.4 Å². The van der Waals surface area contributed by atoms with Crippen LogP contribution in [0.4, 0.5) is 13.2 Å². The molecule has 1 saturated heterocycles. The molecule has 0 bridgehead atoms. The number of hydrogen-bond acceptors (Lipinski definition) is 5. The summed E-state index contributed by atoms with van der Waals surface area (Å²) in [4.78, 5) is 6.68. The molecule has 8 heteroatoms. The third-order valence-electron chi connectivity index (χ3n) is 5.56. The molecule has 1 aliphatic carbocycles. The number of aromatic nitrogens is 2. The number of benzene rings is 1. The Morgan fingerprint density at radius 3 is 2.44 bits per heavy atom. The largest absolute Gasteiger partial charge is 0.416 e. The molecule has 146 valence electrons. The zero-order chi connectivity index (χ0) is 19.0. The van der Waals surface area contributed by atoms with Crippen LogP contribution in [0.25, 0.3) is 11.4 Å². The molecule has 1 aromatic heterocycles. The number of nitrogens with zero attached hydrogens (tertiary/aromatic N) is 3. The van der Waals surface area contributed by atoms with Gasteiger partial charge in [-0.1, -0.05) is 36.6 Å². The third kappa shape index (κ3) is 3.87. The van der Waals surface area contributed by atoms with Gasteiger partial charge in [-0.3, -0.25) is 4.90 Å². The molecular formula is C19H22F3N3O2. The molecule has 1 aliphatic heterocycles. The van der Waals surface area contributed by atoms with Crippen molar-refractivity contribution in [2.45, 2.75) is 62.9 Å². The van der Waals surface area contributed by atoms with E-state index in [2.05, 4.69) is 15.0 Å². The number of alkyl halides is 3. The van der Waals surface area contributed by atoms with Gasteiger partial charge >= 0.3 is 6.18 Å². The van der Waals surface area contributed by atoms with E-state index >= 15 is 0 Å². The Morgan fingerprint density at radius 1 is 1.07 bits per heavy atom. The Morgan fingerprint density at radius 2 is 1.78 bits per heavy atom. The molecule has 0 amide bonds. The van der Waals surface area contributed by atoms with Crippen LogP contribution in [0.2, 0.25) is 0 Å². The first kappa shape index (κ1) is 18.4. The van der Waals surface area contributed by atoms with Crippen molar-refractivity contribution in [3.8, 4) is 11.4 Å². The van der Waals surface area contributed by atoms with E-state index in [0.717, 1.165) is 25.0 Å². The van der Waals surface area contributed by atoms with Crippen molar-refractivity contribution in [3.63, 3.8) is 0 Å². The van der Waals surface area contributed by atoms with Crippen LogP contribution in [0, 0.1) is 0 Å². The van der Waals surface area contributed by atoms with E-state index in [-0.39, 0.29) is 11.9 Å². The van der Waals surface area contributed by atoms with E-state index < -0.39 is 17.8 Å². The molecule has 2 heterocycles. The van der Waals surface area contributed by atoms with E-state index in [1.54, 1.807) is 0 Å². The highest BCUT2D eigenvalue weighted by Crippen LogP contribution is 2.38. The summed E-state index contributed by atoms with van der Waals surface area (Å²) in [6.07, 6.45) is 1.54. The summed E-state index contributed by atoms with van der Waals surface area (Å²) in [7, 11) is 0. The number of rotatable bonds is 3. The Hall–Kier alpha value is -1.93. The van der Waals surface area contributed by atoms with Gasteiger partial charge in [0.1, 0.15) is 0 Å². The van der Waals surface area contributed by atoms with Crippen molar-refractivity contribution in [2.24, 2.45) is 0 Å². The zero-order valence-corrected chi connectivity index (χ0v) is 14.8. The monoisotopic (exact) mass is 381 g/mol. The van der Waals surface area contributed by atoms with Gasteiger partial charge in [-0.2, -0.15) is 18.2 Å². The van der Waals surface area contributed by atoms with Crippen molar-refractivity contribution in [2.75, 3.05) is 6.54 Å². The molecule has 2 aromatic rings. The number of halogens is 3. The topological polar surface area (TPSA) is 62.4 Å². The van der Waals surface area contributed by atoms with E-state index in [4.69, 9.17) is 4.52 Å². The molecule has 2 fully saturated rings. The Balaban J connectivity index is 1.54. The van der Waals surface area contributed by atoms with Crippen LogP contribution in [-0.4, -0.2) is 38.8 Å². The first-order valence-electron chi connectivity index (χ1n) is 9.37. The minimum Gasteiger partial charge on any atom is -0.392 e. The van der Waals surface area contributed by atoms with Gasteiger partial charge in [-0.05, 0) is 31.4 Å². The van der Waals surface area contributed by atoms with Gasteiger partial charge in [0, 0.05) is 18.2 Å². The maximum absolute atomic E-state index is 12.7. The third-order valence-corrected chi connectivity index (χ3v) is 5.56. The fraction of sp³-hybridized carbons (Fsp3) is 0.579. The van der Waals surface area contributed by atoms with Gasteiger partial charge in [0.15, 0.2) is 0 Å². The Kier molecular flexibility index (Phi) is 4.94. The van der Waals surface area contributed by atoms with Gasteiger partial charge in [-0.25, -0.2) is 0 Å². The van der Waals surface area contributed by atoms with Crippen molar-refractivity contribution in [3.05, 3.63) is 35.7 Å². The summed E-state index contributed by atoms with van der Waals surface area (Å²) in [5.41, 5.74) is -0.238. The van der Waals surface area contributed by atoms with Crippen LogP contribution in [-0.2, 0) is 6.18 Å². The fourth-order valence-corrected chi connectivity index (χ4v) is 4.19. The van der Waals surface area contributed by atoms with Crippen molar-refractivity contribution in [1.82, 2.24) is 15.0 Å².